The molecule has 0 aliphatic heterocycles. The summed E-state index contributed by atoms with van der Waals surface area (Å²) in [6.07, 6.45) is 0.249. The fourth-order valence-corrected chi connectivity index (χ4v) is 2.82. The number of benzene rings is 2. The molecule has 0 aliphatic rings. The fraction of sp³-hybridized carbons (Fsp3) is 0.381. The molecular formula is C21H27NO3. The smallest absolute Gasteiger partial charge is 0.261 e. The Kier molecular flexibility index (Phi) is 6.45. The molecule has 4 heteroatoms. The van der Waals surface area contributed by atoms with Gasteiger partial charge in [0.05, 0.1) is 13.2 Å². The minimum atomic E-state index is -0.576. The average molecular weight is 341 g/mol. The van der Waals surface area contributed by atoms with Gasteiger partial charge in [0.1, 0.15) is 11.5 Å². The summed E-state index contributed by atoms with van der Waals surface area (Å²) < 4.78 is 10.9. The van der Waals surface area contributed by atoms with Gasteiger partial charge in [-0.05, 0) is 62.6 Å². The number of amides is 1. The lowest BCUT2D eigenvalue weighted by atomic mass is 9.97. The van der Waals surface area contributed by atoms with Gasteiger partial charge in [0.15, 0.2) is 6.10 Å². The first-order chi connectivity index (χ1) is 11.9. The Bertz CT molecular complexity index is 710. The predicted octanol–water partition coefficient (Wildman–Crippen LogP) is 4.35. The summed E-state index contributed by atoms with van der Waals surface area (Å²) in [7, 11) is 1.61. The number of nitrogens with one attached hydrogen (secondary N) is 1. The normalized spacial score (nSPS) is 13.0. The van der Waals surface area contributed by atoms with Crippen LogP contribution in [0, 0.1) is 13.8 Å². The Hall–Kier alpha value is -2.49. The van der Waals surface area contributed by atoms with E-state index in [4.69, 9.17) is 9.47 Å². The fourth-order valence-electron chi connectivity index (χ4n) is 2.82. The minimum Gasteiger partial charge on any atom is -0.497 e. The minimum absolute atomic E-state index is 0.0185. The monoisotopic (exact) mass is 341 g/mol. The third-order valence-corrected chi connectivity index (χ3v) is 4.27. The zero-order valence-electron chi connectivity index (χ0n) is 15.6. The maximum absolute atomic E-state index is 12.5. The van der Waals surface area contributed by atoms with Gasteiger partial charge in [0.2, 0.25) is 0 Å². The van der Waals surface area contributed by atoms with Crippen molar-refractivity contribution in [2.75, 3.05) is 7.11 Å². The van der Waals surface area contributed by atoms with Gasteiger partial charge in [0.25, 0.3) is 5.91 Å². The molecule has 25 heavy (non-hydrogen) atoms. The standard InChI is InChI=1S/C21H27NO3/c1-6-20(19-12-7-14(2)13-15(19)3)22-21(23)16(4)25-18-10-8-17(24-5)9-11-18/h7-13,16,20H,6H2,1-5H3,(H,22,23). The van der Waals surface area contributed by atoms with Crippen LogP contribution < -0.4 is 14.8 Å². The number of hydrogen-bond acceptors (Lipinski definition) is 3. The molecule has 2 aromatic rings. The first-order valence-corrected chi connectivity index (χ1v) is 8.62. The highest BCUT2D eigenvalue weighted by Crippen LogP contribution is 2.22. The van der Waals surface area contributed by atoms with Crippen LogP contribution in [0.4, 0.5) is 0 Å². The van der Waals surface area contributed by atoms with E-state index in [1.54, 1.807) is 26.2 Å². The summed E-state index contributed by atoms with van der Waals surface area (Å²) in [5, 5.41) is 3.10. The van der Waals surface area contributed by atoms with Gasteiger partial charge < -0.3 is 14.8 Å². The van der Waals surface area contributed by atoms with E-state index in [9.17, 15) is 4.79 Å². The topological polar surface area (TPSA) is 47.6 Å². The SMILES string of the molecule is CCC(NC(=O)C(C)Oc1ccc(OC)cc1)c1ccc(C)cc1C. The molecule has 0 aromatic heterocycles. The second-order valence-corrected chi connectivity index (χ2v) is 6.27. The van der Waals surface area contributed by atoms with Gasteiger partial charge in [0, 0.05) is 0 Å². The summed E-state index contributed by atoms with van der Waals surface area (Å²) in [6.45, 7) is 7.98. The molecule has 0 saturated carbocycles. The van der Waals surface area contributed by atoms with Crippen LogP contribution in [0.3, 0.4) is 0 Å². The zero-order chi connectivity index (χ0) is 18.4. The Morgan fingerprint density at radius 1 is 1.08 bits per heavy atom. The number of carbonyl (C=O) groups excluding carboxylic acids is 1. The molecule has 0 radical (unpaired) electrons. The summed E-state index contributed by atoms with van der Waals surface area (Å²) in [5.74, 6) is 1.27. The quantitative estimate of drug-likeness (QED) is 0.814. The lowest BCUT2D eigenvalue weighted by molar-refractivity contribution is -0.128. The highest BCUT2D eigenvalue weighted by atomic mass is 16.5. The van der Waals surface area contributed by atoms with Crippen LogP contribution >= 0.6 is 0 Å². The van der Waals surface area contributed by atoms with Gasteiger partial charge >= 0.3 is 0 Å². The predicted molar refractivity (Wildman–Crippen MR) is 100 cm³/mol. The van der Waals surface area contributed by atoms with E-state index in [2.05, 4.69) is 44.3 Å². The van der Waals surface area contributed by atoms with Crippen molar-refractivity contribution in [2.45, 2.75) is 46.3 Å². The molecule has 2 rings (SSSR count). The lowest BCUT2D eigenvalue weighted by Crippen LogP contribution is -2.38. The first-order valence-electron chi connectivity index (χ1n) is 8.62. The van der Waals surface area contributed by atoms with Gasteiger partial charge in [-0.2, -0.15) is 0 Å². The number of ether oxygens (including phenoxy) is 2. The van der Waals surface area contributed by atoms with Crippen molar-refractivity contribution in [1.82, 2.24) is 5.32 Å². The van der Waals surface area contributed by atoms with Crippen LogP contribution in [-0.2, 0) is 4.79 Å². The molecule has 1 N–H and O–H groups in total. The third kappa shape index (κ3) is 4.99. The summed E-state index contributed by atoms with van der Waals surface area (Å²) in [5.41, 5.74) is 3.56. The molecule has 0 aliphatic carbocycles. The van der Waals surface area contributed by atoms with Gasteiger partial charge in [-0.1, -0.05) is 30.7 Å². The van der Waals surface area contributed by atoms with Gasteiger partial charge in [-0.15, -0.1) is 0 Å². The highest BCUT2D eigenvalue weighted by molar-refractivity contribution is 5.81. The van der Waals surface area contributed by atoms with E-state index < -0.39 is 6.10 Å². The second kappa shape index (κ2) is 8.56. The van der Waals surface area contributed by atoms with E-state index in [1.807, 2.05) is 12.1 Å². The van der Waals surface area contributed by atoms with Crippen molar-refractivity contribution in [3.05, 3.63) is 59.2 Å². The number of aryl methyl sites for hydroxylation is 2. The Labute approximate surface area is 150 Å². The third-order valence-electron chi connectivity index (χ3n) is 4.27. The van der Waals surface area contributed by atoms with Crippen molar-refractivity contribution in [1.29, 1.82) is 0 Å². The molecule has 2 unspecified atom stereocenters. The van der Waals surface area contributed by atoms with Crippen LogP contribution in [0.1, 0.15) is 43.0 Å². The van der Waals surface area contributed by atoms with Crippen molar-refractivity contribution in [3.63, 3.8) is 0 Å². The molecular weight excluding hydrogens is 314 g/mol. The highest BCUT2D eigenvalue weighted by Gasteiger charge is 2.20. The first kappa shape index (κ1) is 18.8. The van der Waals surface area contributed by atoms with Crippen LogP contribution in [-0.4, -0.2) is 19.1 Å². The maximum atomic E-state index is 12.5. The van der Waals surface area contributed by atoms with Crippen molar-refractivity contribution in [3.8, 4) is 11.5 Å². The van der Waals surface area contributed by atoms with Crippen LogP contribution in [0.25, 0.3) is 0 Å². The molecule has 134 valence electrons. The zero-order valence-corrected chi connectivity index (χ0v) is 15.6. The van der Waals surface area contributed by atoms with E-state index in [1.165, 1.54) is 11.1 Å². The Balaban J connectivity index is 2.02. The van der Waals surface area contributed by atoms with E-state index in [0.717, 1.165) is 17.7 Å². The molecule has 2 aromatic carbocycles. The second-order valence-electron chi connectivity index (χ2n) is 6.27. The van der Waals surface area contributed by atoms with Crippen molar-refractivity contribution < 1.29 is 14.3 Å². The number of carbonyl (C=O) groups is 1. The lowest BCUT2D eigenvalue weighted by Gasteiger charge is -2.22. The molecule has 2 atom stereocenters. The summed E-state index contributed by atoms with van der Waals surface area (Å²) >= 11 is 0. The van der Waals surface area contributed by atoms with E-state index in [0.29, 0.717) is 5.75 Å². The largest absolute Gasteiger partial charge is 0.497 e. The van der Waals surface area contributed by atoms with E-state index >= 15 is 0 Å². The molecule has 0 bridgehead atoms. The van der Waals surface area contributed by atoms with Gasteiger partial charge in [-0.25, -0.2) is 0 Å². The molecule has 1 amide bonds. The number of methoxy groups -OCH3 is 1. The summed E-state index contributed by atoms with van der Waals surface area (Å²) in [4.78, 5) is 12.5. The van der Waals surface area contributed by atoms with Gasteiger partial charge in [-0.3, -0.25) is 4.79 Å². The maximum Gasteiger partial charge on any atom is 0.261 e. The molecule has 4 nitrogen and oxygen atoms in total. The van der Waals surface area contributed by atoms with Crippen LogP contribution in [0.2, 0.25) is 0 Å². The average Bonchev–Trinajstić information content (AvgIpc) is 2.60. The Morgan fingerprint density at radius 3 is 2.28 bits per heavy atom. The molecule has 0 heterocycles. The summed E-state index contributed by atoms with van der Waals surface area (Å²) in [6, 6.07) is 13.5. The molecule has 0 saturated heterocycles. The van der Waals surface area contributed by atoms with Crippen LogP contribution in [0.15, 0.2) is 42.5 Å². The molecule has 0 fully saturated rings. The van der Waals surface area contributed by atoms with Crippen molar-refractivity contribution in [2.24, 2.45) is 0 Å². The van der Waals surface area contributed by atoms with Crippen LogP contribution in [0.5, 0.6) is 11.5 Å². The number of rotatable bonds is 7. The van der Waals surface area contributed by atoms with E-state index in [-0.39, 0.29) is 11.9 Å². The Morgan fingerprint density at radius 2 is 1.72 bits per heavy atom. The molecule has 0 spiro atoms. The van der Waals surface area contributed by atoms with Crippen molar-refractivity contribution >= 4 is 5.91 Å². The number of hydrogen-bond donors (Lipinski definition) is 1.